The molecule has 0 saturated carbocycles. The third kappa shape index (κ3) is 36.5. The van der Waals surface area contributed by atoms with Gasteiger partial charge in [0.15, 0.2) is 0 Å². The molecule has 0 fully saturated rings. The highest BCUT2D eigenvalue weighted by atomic mass is 16.6. The van der Waals surface area contributed by atoms with E-state index in [1.54, 1.807) is 260 Å². The molecule has 604 valence electrons. The Morgan fingerprint density at radius 3 is 1.03 bits per heavy atom. The summed E-state index contributed by atoms with van der Waals surface area (Å²) in [5, 5.41) is 18.0. The van der Waals surface area contributed by atoms with Crippen molar-refractivity contribution in [1.29, 1.82) is 0 Å². The minimum atomic E-state index is -0.814. The first kappa shape index (κ1) is 94.5. The lowest BCUT2D eigenvalue weighted by Gasteiger charge is -2.31. The molecule has 0 aromatic heterocycles. The van der Waals surface area contributed by atoms with E-state index < -0.39 is 108 Å². The Kier molecular flexibility index (Phi) is 42.2. The van der Waals surface area contributed by atoms with E-state index in [4.69, 9.17) is 48.1 Å². The van der Waals surface area contributed by atoms with Gasteiger partial charge in [0.2, 0.25) is 0 Å². The molecule has 0 aliphatic carbocycles. The van der Waals surface area contributed by atoms with E-state index >= 15 is 0 Å². The van der Waals surface area contributed by atoms with Gasteiger partial charge in [0.1, 0.15) is 47.8 Å². The highest BCUT2D eigenvalue weighted by Crippen LogP contribution is 2.29. The molecule has 0 spiro atoms. The Bertz CT molecular complexity index is 4180. The molecule has 0 bridgehead atoms. The Balaban J connectivity index is 0.000000307. The number of rotatable bonds is 36. The quantitative estimate of drug-likeness (QED) is 0.0210. The van der Waals surface area contributed by atoms with Crippen LogP contribution < -0.4 is 0 Å². The SMILES string of the molecule is C=C(C)CC(O)CC(C)O.C=CC(C)C(CC(C)OC(=O)c1ccccc1)OC(=O)c1ccccc1.C=CCC(C)(CC(C)OC(=O)c1ccccc1)OC(=O)c1ccccc1.C=CCC(CC(C)(C)OC(=O)c1ccccc1)OC(=O)c1ccccc1.C=CCC(OC(=O)c1ccccc1)C(C)C(C)OC(=O)c1ccccc1. The maximum absolute atomic E-state index is 12.4. The van der Waals surface area contributed by atoms with E-state index in [0.717, 1.165) is 5.57 Å². The molecule has 0 heterocycles. The minimum absolute atomic E-state index is 0.0689. The van der Waals surface area contributed by atoms with Crippen LogP contribution in [0.3, 0.4) is 0 Å². The van der Waals surface area contributed by atoms with E-state index in [1.165, 1.54) is 0 Å². The van der Waals surface area contributed by atoms with Crippen LogP contribution in [0.1, 0.15) is 203 Å². The maximum Gasteiger partial charge on any atom is 0.338 e. The number of ether oxygens (including phenoxy) is 8. The zero-order chi connectivity index (χ0) is 84.0. The number of carbonyl (C=O) groups excluding carboxylic acids is 8. The van der Waals surface area contributed by atoms with Gasteiger partial charge in [-0.1, -0.05) is 189 Å². The summed E-state index contributed by atoms with van der Waals surface area (Å²) in [4.78, 5) is 98.3. The second-order valence-corrected chi connectivity index (χ2v) is 28.4. The molecular weight excluding hydrogens is 1440 g/mol. The normalized spacial score (nSPS) is 13.7. The summed E-state index contributed by atoms with van der Waals surface area (Å²) < 4.78 is 44.8. The fourth-order valence-corrected chi connectivity index (χ4v) is 11.3. The minimum Gasteiger partial charge on any atom is -0.459 e. The molecule has 0 aliphatic rings. The van der Waals surface area contributed by atoms with Crippen molar-refractivity contribution in [2.45, 2.75) is 181 Å². The van der Waals surface area contributed by atoms with Gasteiger partial charge in [0.05, 0.1) is 56.7 Å². The Morgan fingerprint density at radius 1 is 0.377 bits per heavy atom. The predicted octanol–water partition coefficient (Wildman–Crippen LogP) is 20.1. The highest BCUT2D eigenvalue weighted by Gasteiger charge is 2.34. The molecule has 0 radical (unpaired) electrons. The van der Waals surface area contributed by atoms with Crippen LogP contribution in [0.5, 0.6) is 0 Å². The topological polar surface area (TPSA) is 251 Å². The molecule has 0 amide bonds. The van der Waals surface area contributed by atoms with Crippen molar-refractivity contribution in [2.24, 2.45) is 11.8 Å². The lowest BCUT2D eigenvalue weighted by molar-refractivity contribution is -0.0362. The Labute approximate surface area is 673 Å². The van der Waals surface area contributed by atoms with Gasteiger partial charge in [-0.2, -0.15) is 0 Å². The summed E-state index contributed by atoms with van der Waals surface area (Å²) in [5.41, 5.74) is 3.26. The Hall–Kier alpha value is -11.9. The molecule has 2 N–H and O–H groups in total. The van der Waals surface area contributed by atoms with Crippen LogP contribution in [0.2, 0.25) is 0 Å². The largest absolute Gasteiger partial charge is 0.459 e. The average molecular weight is 1550 g/mol. The van der Waals surface area contributed by atoms with Crippen molar-refractivity contribution in [1.82, 2.24) is 0 Å². The van der Waals surface area contributed by atoms with Crippen LogP contribution in [-0.4, -0.2) is 118 Å². The van der Waals surface area contributed by atoms with Crippen molar-refractivity contribution in [3.05, 3.63) is 350 Å². The van der Waals surface area contributed by atoms with Crippen molar-refractivity contribution >= 4 is 47.8 Å². The van der Waals surface area contributed by atoms with Gasteiger partial charge in [-0.05, 0) is 165 Å². The van der Waals surface area contributed by atoms with E-state index in [0.29, 0.717) is 95.9 Å². The lowest BCUT2D eigenvalue weighted by Crippen LogP contribution is -2.36. The summed E-state index contributed by atoms with van der Waals surface area (Å²) in [6.07, 6.45) is 7.00. The van der Waals surface area contributed by atoms with Crippen LogP contribution in [-0.2, 0) is 37.9 Å². The second kappa shape index (κ2) is 50.9. The Morgan fingerprint density at radius 2 is 0.693 bits per heavy atom. The number of aliphatic hydroxyl groups excluding tert-OH is 2. The predicted molar refractivity (Wildman–Crippen MR) is 446 cm³/mol. The van der Waals surface area contributed by atoms with Crippen LogP contribution in [0, 0.1) is 11.8 Å². The van der Waals surface area contributed by atoms with Gasteiger partial charge in [-0.25, -0.2) is 38.4 Å². The molecule has 8 aromatic carbocycles. The van der Waals surface area contributed by atoms with E-state index in [1.807, 2.05) is 76.2 Å². The summed E-state index contributed by atoms with van der Waals surface area (Å²) >= 11 is 0. The molecule has 18 heteroatoms. The van der Waals surface area contributed by atoms with Gasteiger partial charge in [0, 0.05) is 50.4 Å². The standard InChI is InChI=1S/4C22H24O4.C8H16O2/c1-4-16(2)20(26-22(24)19-13-9-6-10-14-19)15-17(3)25-21(23)18-11-7-5-8-12-18;1-4-15-22(3,26-21(24)19-13-9-6-10-14-19)16-17(2)25-20(23)18-11-7-5-8-12-18;1-4-11-19(25-20(23)17-12-7-5-8-13-17)16-22(2,3)26-21(24)18-14-9-6-10-15-18;1-4-11-20(26-22(24)19-14-9-6-10-15-19)16(2)17(3)25-21(23)18-12-7-5-8-13-18;1-6(2)4-8(10)5-7(3)9/h4-14,16-17,20H,1,15H2,2-3H3;4-14,17H,1,15-16H2,2-3H3;4-10,12-15,19H,1,11,16H2,2-3H3;4-10,12-17,20H,1,11H2,2-3H3;7-10H,1,4-5H2,2-3H3. The number of carbonyl (C=O) groups is 8. The molecule has 0 aliphatic heterocycles. The summed E-state index contributed by atoms with van der Waals surface area (Å²) in [7, 11) is 0. The van der Waals surface area contributed by atoms with E-state index in [2.05, 4.69) is 32.9 Å². The van der Waals surface area contributed by atoms with Gasteiger partial charge >= 0.3 is 47.8 Å². The molecule has 8 rings (SSSR count). The third-order valence-electron chi connectivity index (χ3n) is 17.4. The molecule has 8 aromatic rings. The first-order valence-electron chi connectivity index (χ1n) is 38.0. The number of hydrogen-bond donors (Lipinski definition) is 2. The highest BCUT2D eigenvalue weighted by molar-refractivity contribution is 5.93. The smallest absolute Gasteiger partial charge is 0.338 e. The zero-order valence-electron chi connectivity index (χ0n) is 67.3. The van der Waals surface area contributed by atoms with Crippen LogP contribution in [0.15, 0.2) is 305 Å². The number of aliphatic hydroxyl groups is 2. The second-order valence-electron chi connectivity index (χ2n) is 28.4. The van der Waals surface area contributed by atoms with Gasteiger partial charge in [-0.3, -0.25) is 0 Å². The summed E-state index contributed by atoms with van der Waals surface area (Å²) in [6.45, 7) is 36.8. The van der Waals surface area contributed by atoms with E-state index in [9.17, 15) is 38.4 Å². The molecule has 114 heavy (non-hydrogen) atoms. The summed E-state index contributed by atoms with van der Waals surface area (Å²) in [6, 6.07) is 70.5. The fraction of sp³-hybridized carbons (Fsp3) is 0.312. The molecule has 0 saturated heterocycles. The molecular formula is C96H112O18. The number of esters is 8. The first-order chi connectivity index (χ1) is 54.4. The molecule has 11 atom stereocenters. The monoisotopic (exact) mass is 1550 g/mol. The lowest BCUT2D eigenvalue weighted by atomic mass is 9.94. The number of benzene rings is 8. The van der Waals surface area contributed by atoms with E-state index in [-0.39, 0.29) is 11.8 Å². The van der Waals surface area contributed by atoms with Crippen molar-refractivity contribution in [3.63, 3.8) is 0 Å². The number of hydrogen-bond acceptors (Lipinski definition) is 18. The summed E-state index contributed by atoms with van der Waals surface area (Å²) in [5.74, 6) is -3.44. The molecule has 11 unspecified atom stereocenters. The van der Waals surface area contributed by atoms with Crippen LogP contribution in [0.4, 0.5) is 0 Å². The average Bonchev–Trinajstić information content (AvgIpc) is 0.861. The van der Waals surface area contributed by atoms with Gasteiger partial charge < -0.3 is 48.1 Å². The van der Waals surface area contributed by atoms with Crippen LogP contribution in [0.25, 0.3) is 0 Å². The zero-order valence-corrected chi connectivity index (χ0v) is 67.3. The van der Waals surface area contributed by atoms with Crippen molar-refractivity contribution in [2.75, 3.05) is 0 Å². The fourth-order valence-electron chi connectivity index (χ4n) is 11.3. The molecule has 18 nitrogen and oxygen atoms in total. The van der Waals surface area contributed by atoms with Gasteiger partial charge in [0.25, 0.3) is 0 Å². The van der Waals surface area contributed by atoms with Gasteiger partial charge in [-0.15, -0.1) is 32.9 Å². The van der Waals surface area contributed by atoms with Crippen molar-refractivity contribution < 1.29 is 86.5 Å². The maximum atomic E-state index is 12.4. The third-order valence-corrected chi connectivity index (χ3v) is 17.4. The van der Waals surface area contributed by atoms with Crippen molar-refractivity contribution in [3.8, 4) is 0 Å². The first-order valence-corrected chi connectivity index (χ1v) is 38.0. The van der Waals surface area contributed by atoms with Crippen LogP contribution >= 0.6 is 0 Å².